The summed E-state index contributed by atoms with van der Waals surface area (Å²) in [5.74, 6) is -0.000355. The van der Waals surface area contributed by atoms with E-state index in [-0.39, 0.29) is 18.6 Å². The fourth-order valence-electron chi connectivity index (χ4n) is 2.06. The van der Waals surface area contributed by atoms with Gasteiger partial charge < -0.3 is 14.7 Å². The molecule has 1 N–H and O–H groups in total. The zero-order valence-electron chi connectivity index (χ0n) is 10.0. The van der Waals surface area contributed by atoms with E-state index in [9.17, 15) is 9.90 Å². The number of hydrogen-bond acceptors (Lipinski definition) is 3. The predicted octanol–water partition coefficient (Wildman–Crippen LogP) is 1.10. The summed E-state index contributed by atoms with van der Waals surface area (Å²) in [6, 6.07) is 7.03. The summed E-state index contributed by atoms with van der Waals surface area (Å²) in [6.07, 6.45) is 0.303. The maximum absolute atomic E-state index is 12.2. The van der Waals surface area contributed by atoms with Crippen molar-refractivity contribution >= 4 is 17.5 Å². The van der Waals surface area contributed by atoms with Crippen LogP contribution in [-0.4, -0.2) is 48.3 Å². The first kappa shape index (κ1) is 13.3. The van der Waals surface area contributed by atoms with Crippen molar-refractivity contribution in [3.8, 4) is 0 Å². The van der Waals surface area contributed by atoms with Crippen LogP contribution in [0.3, 0.4) is 0 Å². The van der Waals surface area contributed by atoms with Gasteiger partial charge >= 0.3 is 0 Å². The lowest BCUT2D eigenvalue weighted by molar-refractivity contribution is -0.140. The van der Waals surface area contributed by atoms with Gasteiger partial charge in [-0.1, -0.05) is 23.7 Å². The molecule has 1 amide bonds. The lowest BCUT2D eigenvalue weighted by Gasteiger charge is -2.34. The van der Waals surface area contributed by atoms with Crippen molar-refractivity contribution < 1.29 is 14.6 Å². The fraction of sp³-hybridized carbons (Fsp3) is 0.462. The Bertz CT molecular complexity index is 424. The van der Waals surface area contributed by atoms with E-state index in [2.05, 4.69) is 0 Å². The van der Waals surface area contributed by atoms with Gasteiger partial charge in [0.25, 0.3) is 0 Å². The van der Waals surface area contributed by atoms with Gasteiger partial charge in [0.15, 0.2) is 0 Å². The minimum Gasteiger partial charge on any atom is -0.394 e. The molecule has 1 saturated heterocycles. The Hall–Kier alpha value is -1.10. The molecule has 0 aromatic heterocycles. The number of nitrogens with zero attached hydrogens (tertiary/aromatic N) is 1. The third-order valence-electron chi connectivity index (χ3n) is 3.00. The van der Waals surface area contributed by atoms with Crippen molar-refractivity contribution in [2.45, 2.75) is 12.5 Å². The van der Waals surface area contributed by atoms with Crippen molar-refractivity contribution in [3.63, 3.8) is 0 Å². The van der Waals surface area contributed by atoms with E-state index in [4.69, 9.17) is 16.3 Å². The van der Waals surface area contributed by atoms with Crippen LogP contribution in [0.4, 0.5) is 0 Å². The summed E-state index contributed by atoms with van der Waals surface area (Å²) in [5, 5.41) is 9.85. The fourth-order valence-corrected chi connectivity index (χ4v) is 2.27. The van der Waals surface area contributed by atoms with Crippen LogP contribution in [0.25, 0.3) is 0 Å². The number of carbonyl (C=O) groups is 1. The molecule has 1 fully saturated rings. The first-order valence-corrected chi connectivity index (χ1v) is 6.31. The molecule has 0 aliphatic carbocycles. The van der Waals surface area contributed by atoms with Gasteiger partial charge in [-0.2, -0.15) is 0 Å². The summed E-state index contributed by atoms with van der Waals surface area (Å²) in [4.78, 5) is 13.8. The minimum absolute atomic E-state index is 0.000355. The molecule has 1 aromatic rings. The molecule has 1 atom stereocenters. The largest absolute Gasteiger partial charge is 0.394 e. The second-order valence-electron chi connectivity index (χ2n) is 4.31. The number of amides is 1. The SMILES string of the molecule is O=C(Cc1cccc(Cl)c1)N1CCOCC1CO. The maximum Gasteiger partial charge on any atom is 0.227 e. The van der Waals surface area contributed by atoms with Gasteiger partial charge in [0.1, 0.15) is 0 Å². The van der Waals surface area contributed by atoms with E-state index in [1.807, 2.05) is 12.1 Å². The Labute approximate surface area is 111 Å². The van der Waals surface area contributed by atoms with Crippen LogP contribution < -0.4 is 0 Å². The molecule has 1 unspecified atom stereocenters. The molecule has 2 rings (SSSR count). The molecule has 1 aliphatic rings. The first-order chi connectivity index (χ1) is 8.70. The third-order valence-corrected chi connectivity index (χ3v) is 3.24. The number of benzene rings is 1. The molecule has 0 saturated carbocycles. The molecule has 4 nitrogen and oxygen atoms in total. The topological polar surface area (TPSA) is 49.8 Å². The Balaban J connectivity index is 2.02. The second-order valence-corrected chi connectivity index (χ2v) is 4.74. The van der Waals surface area contributed by atoms with Gasteiger partial charge in [0.2, 0.25) is 5.91 Å². The molecule has 1 aromatic carbocycles. The number of rotatable bonds is 3. The molecule has 18 heavy (non-hydrogen) atoms. The van der Waals surface area contributed by atoms with Gasteiger partial charge in [-0.05, 0) is 17.7 Å². The molecule has 0 bridgehead atoms. The first-order valence-electron chi connectivity index (χ1n) is 5.93. The highest BCUT2D eigenvalue weighted by atomic mass is 35.5. The highest BCUT2D eigenvalue weighted by molar-refractivity contribution is 6.30. The van der Waals surface area contributed by atoms with Crippen molar-refractivity contribution in [2.24, 2.45) is 0 Å². The standard InChI is InChI=1S/C13H16ClNO3/c14-11-3-1-2-10(6-11)7-13(17)15-4-5-18-9-12(15)8-16/h1-3,6,12,16H,4-5,7-9H2. The molecule has 1 aliphatic heterocycles. The molecule has 0 radical (unpaired) electrons. The molecule has 1 heterocycles. The van der Waals surface area contributed by atoms with E-state index >= 15 is 0 Å². The van der Waals surface area contributed by atoms with Gasteiger partial charge in [-0.3, -0.25) is 4.79 Å². The summed E-state index contributed by atoms with van der Waals surface area (Å²) in [5.41, 5.74) is 0.885. The van der Waals surface area contributed by atoms with Crippen molar-refractivity contribution in [3.05, 3.63) is 34.9 Å². The number of aliphatic hydroxyl groups excluding tert-OH is 1. The van der Waals surface area contributed by atoms with E-state index in [1.54, 1.807) is 17.0 Å². The third kappa shape index (κ3) is 3.22. The number of hydrogen-bond donors (Lipinski definition) is 1. The second kappa shape index (κ2) is 6.18. The predicted molar refractivity (Wildman–Crippen MR) is 68.6 cm³/mol. The van der Waals surface area contributed by atoms with Crippen LogP contribution in [0.5, 0.6) is 0 Å². The maximum atomic E-state index is 12.2. The van der Waals surface area contributed by atoms with Crippen LogP contribution in [0, 0.1) is 0 Å². The van der Waals surface area contributed by atoms with E-state index in [0.717, 1.165) is 5.56 Å². The van der Waals surface area contributed by atoms with Gasteiger partial charge in [-0.15, -0.1) is 0 Å². The van der Waals surface area contributed by atoms with Crippen LogP contribution in [0.2, 0.25) is 5.02 Å². The summed E-state index contributed by atoms with van der Waals surface area (Å²) in [6.45, 7) is 1.39. The Morgan fingerprint density at radius 2 is 2.39 bits per heavy atom. The lowest BCUT2D eigenvalue weighted by atomic mass is 10.1. The monoisotopic (exact) mass is 269 g/mol. The van der Waals surface area contributed by atoms with Crippen molar-refractivity contribution in [1.29, 1.82) is 0 Å². The highest BCUT2D eigenvalue weighted by Crippen LogP contribution is 2.14. The van der Waals surface area contributed by atoms with Crippen molar-refractivity contribution in [2.75, 3.05) is 26.4 Å². The van der Waals surface area contributed by atoms with Crippen LogP contribution >= 0.6 is 11.6 Å². The van der Waals surface area contributed by atoms with Crippen LogP contribution in [0.15, 0.2) is 24.3 Å². The smallest absolute Gasteiger partial charge is 0.227 e. The zero-order chi connectivity index (χ0) is 13.0. The van der Waals surface area contributed by atoms with Crippen LogP contribution in [0.1, 0.15) is 5.56 Å². The van der Waals surface area contributed by atoms with Gasteiger partial charge in [0.05, 0.1) is 32.3 Å². The highest BCUT2D eigenvalue weighted by Gasteiger charge is 2.26. The van der Waals surface area contributed by atoms with E-state index in [0.29, 0.717) is 31.2 Å². The van der Waals surface area contributed by atoms with Gasteiger partial charge in [-0.25, -0.2) is 0 Å². The number of halogens is 1. The van der Waals surface area contributed by atoms with Crippen LogP contribution in [-0.2, 0) is 16.0 Å². The Morgan fingerprint density at radius 3 is 3.11 bits per heavy atom. The number of ether oxygens (including phenoxy) is 1. The molecule has 0 spiro atoms. The lowest BCUT2D eigenvalue weighted by Crippen LogP contribution is -2.51. The van der Waals surface area contributed by atoms with E-state index in [1.165, 1.54) is 0 Å². The quantitative estimate of drug-likeness (QED) is 0.894. The summed E-state index contributed by atoms with van der Waals surface area (Å²) in [7, 11) is 0. The Morgan fingerprint density at radius 1 is 1.56 bits per heavy atom. The number of aliphatic hydroxyl groups is 1. The molecule has 98 valence electrons. The zero-order valence-corrected chi connectivity index (χ0v) is 10.8. The molecular formula is C13H16ClNO3. The van der Waals surface area contributed by atoms with Gasteiger partial charge in [0, 0.05) is 11.6 Å². The minimum atomic E-state index is -0.231. The van der Waals surface area contributed by atoms with E-state index < -0.39 is 0 Å². The Kier molecular flexibility index (Phi) is 4.58. The normalized spacial score (nSPS) is 19.9. The summed E-state index contributed by atoms with van der Waals surface area (Å²) < 4.78 is 5.25. The number of carbonyl (C=O) groups excluding carboxylic acids is 1. The van der Waals surface area contributed by atoms with Crippen molar-refractivity contribution in [1.82, 2.24) is 4.90 Å². The summed E-state index contributed by atoms with van der Waals surface area (Å²) >= 11 is 5.89. The average Bonchev–Trinajstić information content (AvgIpc) is 2.38. The molecular weight excluding hydrogens is 254 g/mol. The molecule has 5 heteroatoms. The average molecular weight is 270 g/mol. The number of morpholine rings is 1.